The van der Waals surface area contributed by atoms with Crippen molar-refractivity contribution < 1.29 is 9.47 Å². The van der Waals surface area contributed by atoms with E-state index in [1.54, 1.807) is 14.2 Å². The number of ether oxygens (including phenoxy) is 2. The molecule has 1 aromatic heterocycles. The van der Waals surface area contributed by atoms with Crippen LogP contribution in [0.5, 0.6) is 11.5 Å². The van der Waals surface area contributed by atoms with Crippen molar-refractivity contribution in [1.29, 1.82) is 0 Å². The number of pyridine rings is 1. The Balaban J connectivity index is 1.79. The lowest BCUT2D eigenvalue weighted by Gasteiger charge is -2.13. The van der Waals surface area contributed by atoms with E-state index in [2.05, 4.69) is 10.3 Å². The Morgan fingerprint density at radius 3 is 2.65 bits per heavy atom. The second-order valence-electron chi connectivity index (χ2n) is 5.84. The maximum atomic E-state index is 6.35. The van der Waals surface area contributed by atoms with Gasteiger partial charge in [0, 0.05) is 34.8 Å². The van der Waals surface area contributed by atoms with Crippen LogP contribution in [0.3, 0.4) is 0 Å². The standard InChI is InChI=1S/C20H19ClN2O2S/c1-12-8-17(21)16-9-13(5-7-18(16)23-12)20(26)22-11-14-4-6-15(24-2)10-19(14)25-3/h4-10H,11H2,1-3H3,(H,22,26). The predicted octanol–water partition coefficient (Wildman–Crippen LogP) is 4.68. The second-order valence-corrected chi connectivity index (χ2v) is 6.65. The molecular formula is C20H19ClN2O2S. The molecule has 0 radical (unpaired) electrons. The Bertz CT molecular complexity index is 975. The van der Waals surface area contributed by atoms with E-state index in [1.165, 1.54) is 0 Å². The van der Waals surface area contributed by atoms with Crippen molar-refractivity contribution in [1.82, 2.24) is 10.3 Å². The summed E-state index contributed by atoms with van der Waals surface area (Å²) in [5.41, 5.74) is 3.64. The zero-order valence-electron chi connectivity index (χ0n) is 14.8. The number of benzene rings is 2. The summed E-state index contributed by atoms with van der Waals surface area (Å²) in [6.07, 6.45) is 0. The normalized spacial score (nSPS) is 10.6. The average molecular weight is 387 g/mol. The molecule has 0 saturated heterocycles. The van der Waals surface area contributed by atoms with Crippen LogP contribution in [0.25, 0.3) is 10.9 Å². The lowest BCUT2D eigenvalue weighted by Crippen LogP contribution is -2.22. The summed E-state index contributed by atoms with van der Waals surface area (Å²) < 4.78 is 10.6. The molecule has 3 rings (SSSR count). The van der Waals surface area contributed by atoms with E-state index in [-0.39, 0.29) is 0 Å². The third kappa shape index (κ3) is 3.89. The molecule has 0 bridgehead atoms. The number of thiocarbonyl (C=S) groups is 1. The van der Waals surface area contributed by atoms with Gasteiger partial charge in [-0.15, -0.1) is 0 Å². The lowest BCUT2D eigenvalue weighted by molar-refractivity contribution is 0.390. The van der Waals surface area contributed by atoms with Crippen molar-refractivity contribution in [3.63, 3.8) is 0 Å². The molecule has 0 unspecified atom stereocenters. The molecule has 0 aliphatic rings. The highest BCUT2D eigenvalue weighted by Gasteiger charge is 2.09. The van der Waals surface area contributed by atoms with Crippen LogP contribution in [-0.4, -0.2) is 24.2 Å². The van der Waals surface area contributed by atoms with Gasteiger partial charge in [-0.3, -0.25) is 4.98 Å². The van der Waals surface area contributed by atoms with Gasteiger partial charge in [-0.05, 0) is 43.3 Å². The molecule has 0 atom stereocenters. The Morgan fingerprint density at radius 2 is 1.92 bits per heavy atom. The largest absolute Gasteiger partial charge is 0.497 e. The number of nitrogens with zero attached hydrogens (tertiary/aromatic N) is 1. The van der Waals surface area contributed by atoms with E-state index in [0.717, 1.165) is 39.2 Å². The second kappa shape index (κ2) is 7.89. The maximum Gasteiger partial charge on any atom is 0.127 e. The van der Waals surface area contributed by atoms with Crippen molar-refractivity contribution in [2.75, 3.05) is 14.2 Å². The molecule has 3 aromatic rings. The molecule has 0 aliphatic heterocycles. The van der Waals surface area contributed by atoms with Gasteiger partial charge in [0.2, 0.25) is 0 Å². The molecule has 0 amide bonds. The highest BCUT2D eigenvalue weighted by atomic mass is 35.5. The van der Waals surface area contributed by atoms with Crippen LogP contribution < -0.4 is 14.8 Å². The number of aryl methyl sites for hydroxylation is 1. The smallest absolute Gasteiger partial charge is 0.127 e. The maximum absolute atomic E-state index is 6.35. The van der Waals surface area contributed by atoms with Gasteiger partial charge in [0.15, 0.2) is 0 Å². The van der Waals surface area contributed by atoms with Crippen molar-refractivity contribution in [3.8, 4) is 11.5 Å². The fraction of sp³-hybridized carbons (Fsp3) is 0.200. The van der Waals surface area contributed by atoms with E-state index in [4.69, 9.17) is 33.3 Å². The van der Waals surface area contributed by atoms with Gasteiger partial charge in [0.05, 0.1) is 24.8 Å². The number of nitrogens with one attached hydrogen (secondary N) is 1. The number of aromatic nitrogens is 1. The van der Waals surface area contributed by atoms with E-state index in [0.29, 0.717) is 16.6 Å². The van der Waals surface area contributed by atoms with Crippen molar-refractivity contribution in [3.05, 3.63) is 64.3 Å². The molecule has 1 heterocycles. The molecule has 134 valence electrons. The van der Waals surface area contributed by atoms with Crippen LogP contribution >= 0.6 is 23.8 Å². The predicted molar refractivity (Wildman–Crippen MR) is 110 cm³/mol. The number of fused-ring (bicyclic) bond motifs is 1. The average Bonchev–Trinajstić information content (AvgIpc) is 2.65. The number of hydrogen-bond donors (Lipinski definition) is 1. The molecule has 0 saturated carbocycles. The SMILES string of the molecule is COc1ccc(CNC(=S)c2ccc3nc(C)cc(Cl)c3c2)c(OC)c1. The molecule has 1 N–H and O–H groups in total. The number of halogens is 1. The first-order chi connectivity index (χ1) is 12.5. The van der Waals surface area contributed by atoms with Crippen LogP contribution in [0.4, 0.5) is 0 Å². The van der Waals surface area contributed by atoms with Gasteiger partial charge in [0.25, 0.3) is 0 Å². The van der Waals surface area contributed by atoms with Gasteiger partial charge >= 0.3 is 0 Å². The molecule has 0 fully saturated rings. The van der Waals surface area contributed by atoms with E-state index in [1.807, 2.05) is 49.4 Å². The Labute approximate surface area is 163 Å². The summed E-state index contributed by atoms with van der Waals surface area (Å²) in [5.74, 6) is 1.50. The fourth-order valence-electron chi connectivity index (χ4n) is 2.72. The van der Waals surface area contributed by atoms with Gasteiger partial charge in [0.1, 0.15) is 16.5 Å². The van der Waals surface area contributed by atoms with E-state index >= 15 is 0 Å². The summed E-state index contributed by atoms with van der Waals surface area (Å²) in [7, 11) is 3.26. The topological polar surface area (TPSA) is 43.4 Å². The molecule has 26 heavy (non-hydrogen) atoms. The first-order valence-electron chi connectivity index (χ1n) is 8.08. The number of hydrogen-bond acceptors (Lipinski definition) is 4. The van der Waals surface area contributed by atoms with Crippen molar-refractivity contribution in [2.24, 2.45) is 0 Å². The fourth-order valence-corrected chi connectivity index (χ4v) is 3.23. The summed E-state index contributed by atoms with van der Waals surface area (Å²) in [6, 6.07) is 13.4. The molecule has 6 heteroatoms. The van der Waals surface area contributed by atoms with Crippen molar-refractivity contribution >= 4 is 39.7 Å². The zero-order valence-corrected chi connectivity index (χ0v) is 16.4. The summed E-state index contributed by atoms with van der Waals surface area (Å²) in [5, 5.41) is 4.83. The lowest BCUT2D eigenvalue weighted by atomic mass is 10.1. The Morgan fingerprint density at radius 1 is 1.12 bits per heavy atom. The highest BCUT2D eigenvalue weighted by Crippen LogP contribution is 2.26. The van der Waals surface area contributed by atoms with Gasteiger partial charge in [-0.2, -0.15) is 0 Å². The highest BCUT2D eigenvalue weighted by molar-refractivity contribution is 7.80. The van der Waals surface area contributed by atoms with Crippen LogP contribution in [-0.2, 0) is 6.54 Å². The Kier molecular flexibility index (Phi) is 5.59. The Hall–Kier alpha value is -2.37. The van der Waals surface area contributed by atoms with Crippen molar-refractivity contribution in [2.45, 2.75) is 13.5 Å². The quantitative estimate of drug-likeness (QED) is 0.645. The first kappa shape index (κ1) is 18.4. The molecule has 2 aromatic carbocycles. The van der Waals surface area contributed by atoms with E-state index < -0.39 is 0 Å². The third-order valence-electron chi connectivity index (χ3n) is 4.08. The van der Waals surface area contributed by atoms with Gasteiger partial charge in [-0.1, -0.05) is 23.8 Å². The van der Waals surface area contributed by atoms with Crippen LogP contribution in [0.2, 0.25) is 5.02 Å². The van der Waals surface area contributed by atoms with Gasteiger partial charge < -0.3 is 14.8 Å². The minimum Gasteiger partial charge on any atom is -0.497 e. The minimum absolute atomic E-state index is 0.546. The third-order valence-corrected chi connectivity index (χ3v) is 4.77. The van der Waals surface area contributed by atoms with Crippen LogP contribution in [0.15, 0.2) is 42.5 Å². The molecule has 0 spiro atoms. The van der Waals surface area contributed by atoms with Crippen LogP contribution in [0, 0.1) is 6.92 Å². The number of methoxy groups -OCH3 is 2. The molecule has 4 nitrogen and oxygen atoms in total. The molecule has 0 aliphatic carbocycles. The summed E-state index contributed by atoms with van der Waals surface area (Å²) in [4.78, 5) is 5.13. The summed E-state index contributed by atoms with van der Waals surface area (Å²) >= 11 is 11.9. The first-order valence-corrected chi connectivity index (χ1v) is 8.86. The monoisotopic (exact) mass is 386 g/mol. The van der Waals surface area contributed by atoms with E-state index in [9.17, 15) is 0 Å². The zero-order chi connectivity index (χ0) is 18.7. The molecular weight excluding hydrogens is 368 g/mol. The van der Waals surface area contributed by atoms with Gasteiger partial charge in [-0.25, -0.2) is 0 Å². The number of rotatable bonds is 5. The summed E-state index contributed by atoms with van der Waals surface area (Å²) in [6.45, 7) is 2.47. The minimum atomic E-state index is 0.546. The van der Waals surface area contributed by atoms with Crippen LogP contribution in [0.1, 0.15) is 16.8 Å².